The van der Waals surface area contributed by atoms with Crippen LogP contribution in [0, 0.1) is 17.0 Å². The van der Waals surface area contributed by atoms with E-state index >= 15 is 0 Å². The second kappa shape index (κ2) is 6.99. The Bertz CT molecular complexity index is 396. The van der Waals surface area contributed by atoms with E-state index in [0.29, 0.717) is 18.0 Å². The molecule has 0 aliphatic heterocycles. The lowest BCUT2D eigenvalue weighted by molar-refractivity contribution is 0.254. The molecule has 1 N–H and O–H groups in total. The maximum atomic E-state index is 13.5. The summed E-state index contributed by atoms with van der Waals surface area (Å²) in [5.74, 6) is -1.45. The Morgan fingerprint density at radius 1 is 1.21 bits per heavy atom. The van der Waals surface area contributed by atoms with Gasteiger partial charge in [-0.05, 0) is 42.9 Å². The molecule has 0 radical (unpaired) electrons. The maximum Gasteiger partial charge on any atom is 0.162 e. The monoisotopic (exact) mass is 269 g/mol. The molecular weight excluding hydrogens is 244 g/mol. The number of halogens is 2. The summed E-state index contributed by atoms with van der Waals surface area (Å²) in [6.45, 7) is 9.61. The Balaban J connectivity index is 2.55. The zero-order valence-corrected chi connectivity index (χ0v) is 12.4. The second-order valence-electron chi connectivity index (χ2n) is 6.08. The highest BCUT2D eigenvalue weighted by Gasteiger charge is 2.23. The molecular formula is C16H25F2N. The third kappa shape index (κ3) is 4.90. The first kappa shape index (κ1) is 16.1. The molecule has 1 unspecified atom stereocenters. The highest BCUT2D eigenvalue weighted by atomic mass is 19.2. The van der Waals surface area contributed by atoms with Gasteiger partial charge >= 0.3 is 0 Å². The molecule has 0 saturated heterocycles. The molecule has 108 valence electrons. The molecule has 0 amide bonds. The van der Waals surface area contributed by atoms with E-state index in [0.717, 1.165) is 25.5 Å². The summed E-state index contributed by atoms with van der Waals surface area (Å²) in [5, 5.41) is 3.47. The van der Waals surface area contributed by atoms with Crippen LogP contribution in [0.4, 0.5) is 8.78 Å². The molecule has 0 fully saturated rings. The fourth-order valence-electron chi connectivity index (χ4n) is 2.33. The second-order valence-corrected chi connectivity index (χ2v) is 6.08. The molecule has 1 aromatic carbocycles. The summed E-state index contributed by atoms with van der Waals surface area (Å²) in [6, 6.07) is 4.79. The van der Waals surface area contributed by atoms with Crippen molar-refractivity contribution in [3.63, 3.8) is 0 Å². The van der Waals surface area contributed by atoms with Crippen molar-refractivity contribution >= 4 is 0 Å². The van der Waals surface area contributed by atoms with Gasteiger partial charge in [0.05, 0.1) is 0 Å². The lowest BCUT2D eigenvalue weighted by atomic mass is 9.83. The Morgan fingerprint density at radius 3 is 2.47 bits per heavy atom. The van der Waals surface area contributed by atoms with Crippen molar-refractivity contribution in [2.45, 2.75) is 53.0 Å². The van der Waals surface area contributed by atoms with Crippen LogP contribution < -0.4 is 5.32 Å². The van der Waals surface area contributed by atoms with Crippen molar-refractivity contribution < 1.29 is 8.78 Å². The van der Waals surface area contributed by atoms with Crippen LogP contribution in [0.1, 0.15) is 46.1 Å². The number of nitrogens with one attached hydrogen (secondary N) is 1. The van der Waals surface area contributed by atoms with Crippen molar-refractivity contribution in [1.82, 2.24) is 5.32 Å². The van der Waals surface area contributed by atoms with Crippen LogP contribution in [0.3, 0.4) is 0 Å². The van der Waals surface area contributed by atoms with Crippen LogP contribution in [-0.2, 0) is 6.42 Å². The van der Waals surface area contributed by atoms with Crippen molar-refractivity contribution in [2.24, 2.45) is 5.41 Å². The van der Waals surface area contributed by atoms with Crippen LogP contribution >= 0.6 is 0 Å². The minimum Gasteiger partial charge on any atom is -0.314 e. The third-order valence-electron chi connectivity index (χ3n) is 3.47. The van der Waals surface area contributed by atoms with Gasteiger partial charge in [-0.25, -0.2) is 8.78 Å². The smallest absolute Gasteiger partial charge is 0.162 e. The fourth-order valence-corrected chi connectivity index (χ4v) is 2.33. The molecule has 1 rings (SSSR count). The summed E-state index contributed by atoms with van der Waals surface area (Å²) in [5.41, 5.74) is 0.653. The molecule has 0 heterocycles. The molecule has 1 atom stereocenters. The van der Waals surface area contributed by atoms with Crippen molar-refractivity contribution in [1.29, 1.82) is 0 Å². The SMILES string of the molecule is CCNC(CCCc1cccc(F)c1F)C(C)(C)C. The van der Waals surface area contributed by atoms with Gasteiger partial charge in [0.2, 0.25) is 0 Å². The Hall–Kier alpha value is -0.960. The standard InChI is InChI=1S/C16H25F2N/c1-5-19-14(16(2,3)4)11-7-9-12-8-6-10-13(17)15(12)18/h6,8,10,14,19H,5,7,9,11H2,1-4H3. The highest BCUT2D eigenvalue weighted by molar-refractivity contribution is 5.18. The molecule has 19 heavy (non-hydrogen) atoms. The molecule has 0 bridgehead atoms. The lowest BCUT2D eigenvalue weighted by Gasteiger charge is -2.31. The van der Waals surface area contributed by atoms with Gasteiger partial charge in [0, 0.05) is 6.04 Å². The van der Waals surface area contributed by atoms with E-state index < -0.39 is 11.6 Å². The van der Waals surface area contributed by atoms with E-state index in [9.17, 15) is 8.78 Å². The predicted molar refractivity (Wildman–Crippen MR) is 76.2 cm³/mol. The normalized spacial score (nSPS) is 13.6. The van der Waals surface area contributed by atoms with Gasteiger partial charge < -0.3 is 5.32 Å². The Kier molecular flexibility index (Phi) is 5.92. The molecule has 1 aromatic rings. The molecule has 0 aromatic heterocycles. The number of hydrogen-bond donors (Lipinski definition) is 1. The summed E-state index contributed by atoms with van der Waals surface area (Å²) in [4.78, 5) is 0. The minimum absolute atomic E-state index is 0.177. The zero-order chi connectivity index (χ0) is 14.5. The van der Waals surface area contributed by atoms with Gasteiger partial charge in [-0.3, -0.25) is 0 Å². The first-order valence-electron chi connectivity index (χ1n) is 7.02. The Labute approximate surface area is 115 Å². The van der Waals surface area contributed by atoms with Gasteiger partial charge in [-0.2, -0.15) is 0 Å². The summed E-state index contributed by atoms with van der Waals surface area (Å²) >= 11 is 0. The highest BCUT2D eigenvalue weighted by Crippen LogP contribution is 2.24. The van der Waals surface area contributed by atoms with E-state index in [1.54, 1.807) is 12.1 Å². The molecule has 0 saturated carbocycles. The van der Waals surface area contributed by atoms with E-state index in [1.807, 2.05) is 0 Å². The van der Waals surface area contributed by atoms with Crippen LogP contribution in [0.2, 0.25) is 0 Å². The predicted octanol–water partition coefficient (Wildman–Crippen LogP) is 4.31. The van der Waals surface area contributed by atoms with Crippen LogP contribution in [-0.4, -0.2) is 12.6 Å². The lowest BCUT2D eigenvalue weighted by Crippen LogP contribution is -2.40. The Morgan fingerprint density at radius 2 is 1.89 bits per heavy atom. The molecule has 1 nitrogen and oxygen atoms in total. The first-order chi connectivity index (χ1) is 8.86. The van der Waals surface area contributed by atoms with E-state index in [2.05, 4.69) is 33.0 Å². The topological polar surface area (TPSA) is 12.0 Å². The quantitative estimate of drug-likeness (QED) is 0.811. The van der Waals surface area contributed by atoms with Gasteiger partial charge in [0.1, 0.15) is 0 Å². The molecule has 0 aliphatic rings. The fraction of sp³-hybridized carbons (Fsp3) is 0.625. The van der Waals surface area contributed by atoms with E-state index in [1.165, 1.54) is 0 Å². The first-order valence-corrected chi connectivity index (χ1v) is 7.02. The molecule has 0 spiro atoms. The van der Waals surface area contributed by atoms with Gasteiger partial charge in [0.15, 0.2) is 11.6 Å². The van der Waals surface area contributed by atoms with Gasteiger partial charge in [0.25, 0.3) is 0 Å². The average molecular weight is 269 g/mol. The number of benzene rings is 1. The maximum absolute atomic E-state index is 13.5. The number of hydrogen-bond acceptors (Lipinski definition) is 1. The van der Waals surface area contributed by atoms with Gasteiger partial charge in [-0.15, -0.1) is 0 Å². The summed E-state index contributed by atoms with van der Waals surface area (Å²) in [7, 11) is 0. The third-order valence-corrected chi connectivity index (χ3v) is 3.47. The summed E-state index contributed by atoms with van der Waals surface area (Å²) < 4.78 is 26.6. The molecule has 3 heteroatoms. The van der Waals surface area contributed by atoms with Crippen LogP contribution in [0.15, 0.2) is 18.2 Å². The van der Waals surface area contributed by atoms with Gasteiger partial charge in [-0.1, -0.05) is 39.8 Å². The van der Waals surface area contributed by atoms with Crippen LogP contribution in [0.5, 0.6) is 0 Å². The van der Waals surface area contributed by atoms with Crippen molar-refractivity contribution in [2.75, 3.05) is 6.54 Å². The van der Waals surface area contributed by atoms with Crippen molar-refractivity contribution in [3.05, 3.63) is 35.4 Å². The molecule has 0 aliphatic carbocycles. The zero-order valence-electron chi connectivity index (χ0n) is 12.4. The number of aryl methyl sites for hydroxylation is 1. The number of rotatable bonds is 6. The van der Waals surface area contributed by atoms with E-state index in [4.69, 9.17) is 0 Å². The van der Waals surface area contributed by atoms with Crippen LogP contribution in [0.25, 0.3) is 0 Å². The minimum atomic E-state index is -0.753. The largest absolute Gasteiger partial charge is 0.314 e. The van der Waals surface area contributed by atoms with Crippen molar-refractivity contribution in [3.8, 4) is 0 Å². The summed E-state index contributed by atoms with van der Waals surface area (Å²) in [6.07, 6.45) is 2.41. The average Bonchev–Trinajstić information content (AvgIpc) is 2.32. The van der Waals surface area contributed by atoms with E-state index in [-0.39, 0.29) is 5.41 Å².